The Kier molecular flexibility index (Phi) is 4.65. The van der Waals surface area contributed by atoms with Crippen LogP contribution in [0.3, 0.4) is 0 Å². The molecule has 14 heavy (non-hydrogen) atoms. The first-order chi connectivity index (χ1) is 6.77. The molecule has 0 atom stereocenters. The van der Waals surface area contributed by atoms with Crippen molar-refractivity contribution in [3.8, 4) is 0 Å². The summed E-state index contributed by atoms with van der Waals surface area (Å²) in [5.74, 6) is 0.866. The largest absolute Gasteiger partial charge is 0.354 e. The van der Waals surface area contributed by atoms with Gasteiger partial charge in [0.05, 0.1) is 5.02 Å². The molecule has 0 amide bonds. The first-order valence-corrected chi connectivity index (χ1v) is 4.92. The van der Waals surface area contributed by atoms with Crippen LogP contribution in [0.2, 0.25) is 5.02 Å². The molecule has 5 heteroatoms. The Hall–Kier alpha value is -0.840. The number of nitrogens with two attached hydrogens (primary N) is 2. The van der Waals surface area contributed by atoms with Crippen molar-refractivity contribution in [3.05, 3.63) is 23.4 Å². The van der Waals surface area contributed by atoms with Crippen LogP contribution < -0.4 is 16.4 Å². The van der Waals surface area contributed by atoms with Crippen molar-refractivity contribution >= 4 is 17.4 Å². The highest BCUT2D eigenvalue weighted by Gasteiger charge is 2.04. The smallest absolute Gasteiger partial charge is 0.128 e. The quantitative estimate of drug-likeness (QED) is 0.747. The normalized spacial score (nSPS) is 10.2. The molecule has 0 radical (unpaired) electrons. The standard InChI is InChI=1S/C9H15ClN4/c10-8-1-2-9(13-7-8)14(5-3-11)6-4-12/h1-2,7H,3-6,11-12H2. The van der Waals surface area contributed by atoms with Crippen molar-refractivity contribution in [2.45, 2.75) is 0 Å². The summed E-state index contributed by atoms with van der Waals surface area (Å²) in [5.41, 5.74) is 11.0. The Morgan fingerprint density at radius 1 is 1.21 bits per heavy atom. The molecule has 4 N–H and O–H groups in total. The van der Waals surface area contributed by atoms with Crippen molar-refractivity contribution in [1.29, 1.82) is 0 Å². The summed E-state index contributed by atoms with van der Waals surface area (Å²) in [4.78, 5) is 6.24. The molecular formula is C9H15ClN4. The van der Waals surface area contributed by atoms with Crippen molar-refractivity contribution in [3.63, 3.8) is 0 Å². The summed E-state index contributed by atoms with van der Waals surface area (Å²) in [7, 11) is 0. The maximum Gasteiger partial charge on any atom is 0.128 e. The maximum atomic E-state index is 5.74. The lowest BCUT2D eigenvalue weighted by Gasteiger charge is -2.21. The molecule has 1 rings (SSSR count). The third-order valence-corrected chi connectivity index (χ3v) is 2.06. The van der Waals surface area contributed by atoms with Crippen LogP contribution in [0.15, 0.2) is 18.3 Å². The predicted octanol–water partition coefficient (Wildman–Crippen LogP) is 0.459. The second-order valence-electron chi connectivity index (χ2n) is 2.90. The second-order valence-corrected chi connectivity index (χ2v) is 3.34. The van der Waals surface area contributed by atoms with Crippen LogP contribution >= 0.6 is 11.6 Å². The van der Waals surface area contributed by atoms with Crippen molar-refractivity contribution in [2.75, 3.05) is 31.1 Å². The summed E-state index contributed by atoms with van der Waals surface area (Å²) < 4.78 is 0. The third-order valence-electron chi connectivity index (χ3n) is 1.83. The molecule has 0 saturated carbocycles. The Bertz CT molecular complexity index is 256. The first kappa shape index (κ1) is 11.2. The van der Waals surface area contributed by atoms with Crippen LogP contribution in [-0.4, -0.2) is 31.2 Å². The number of nitrogens with zero attached hydrogens (tertiary/aromatic N) is 2. The van der Waals surface area contributed by atoms with Gasteiger partial charge in [-0.25, -0.2) is 4.98 Å². The van der Waals surface area contributed by atoms with E-state index in [-0.39, 0.29) is 0 Å². The lowest BCUT2D eigenvalue weighted by atomic mass is 10.4. The molecule has 0 unspecified atom stereocenters. The number of pyridine rings is 1. The second kappa shape index (κ2) is 5.80. The van der Waals surface area contributed by atoms with E-state index in [9.17, 15) is 0 Å². The third kappa shape index (κ3) is 3.14. The molecule has 0 aromatic carbocycles. The van der Waals surface area contributed by atoms with Crippen LogP contribution in [0.5, 0.6) is 0 Å². The van der Waals surface area contributed by atoms with Crippen molar-refractivity contribution < 1.29 is 0 Å². The molecule has 4 nitrogen and oxygen atoms in total. The van der Waals surface area contributed by atoms with E-state index in [1.807, 2.05) is 17.0 Å². The van der Waals surface area contributed by atoms with Crippen LogP contribution in [0.25, 0.3) is 0 Å². The summed E-state index contributed by atoms with van der Waals surface area (Å²) in [6, 6.07) is 3.68. The Labute approximate surface area is 88.9 Å². The Balaban J connectivity index is 2.71. The van der Waals surface area contributed by atoms with Gasteiger partial charge in [-0.3, -0.25) is 0 Å². The SMILES string of the molecule is NCCN(CCN)c1ccc(Cl)cn1. The van der Waals surface area contributed by atoms with E-state index in [2.05, 4.69) is 4.98 Å². The molecule has 1 aromatic rings. The van der Waals surface area contributed by atoms with Crippen LogP contribution in [0.1, 0.15) is 0 Å². The maximum absolute atomic E-state index is 5.74. The molecule has 0 bridgehead atoms. The van der Waals surface area contributed by atoms with Gasteiger partial charge in [0, 0.05) is 32.4 Å². The van der Waals surface area contributed by atoms with Gasteiger partial charge >= 0.3 is 0 Å². The minimum absolute atomic E-state index is 0.588. The molecule has 1 heterocycles. The van der Waals surface area contributed by atoms with Crippen LogP contribution in [-0.2, 0) is 0 Å². The van der Waals surface area contributed by atoms with Gasteiger partial charge in [0.2, 0.25) is 0 Å². The van der Waals surface area contributed by atoms with E-state index in [1.165, 1.54) is 0 Å². The summed E-state index contributed by atoms with van der Waals surface area (Å²) in [5, 5.41) is 0.634. The molecule has 78 valence electrons. The monoisotopic (exact) mass is 214 g/mol. The zero-order valence-electron chi connectivity index (χ0n) is 7.99. The fourth-order valence-corrected chi connectivity index (χ4v) is 1.32. The fraction of sp³-hybridized carbons (Fsp3) is 0.444. The topological polar surface area (TPSA) is 68.2 Å². The number of halogens is 1. The summed E-state index contributed by atoms with van der Waals surface area (Å²) >= 11 is 5.74. The molecule has 0 spiro atoms. The Morgan fingerprint density at radius 3 is 2.29 bits per heavy atom. The van der Waals surface area contributed by atoms with E-state index < -0.39 is 0 Å². The number of rotatable bonds is 5. The highest BCUT2D eigenvalue weighted by Crippen LogP contribution is 2.13. The predicted molar refractivity (Wildman–Crippen MR) is 59.6 cm³/mol. The van der Waals surface area contributed by atoms with E-state index in [0.717, 1.165) is 18.9 Å². The number of anilines is 1. The van der Waals surface area contributed by atoms with Gasteiger partial charge in [-0.15, -0.1) is 0 Å². The molecular weight excluding hydrogens is 200 g/mol. The minimum Gasteiger partial charge on any atom is -0.354 e. The average molecular weight is 215 g/mol. The summed E-state index contributed by atoms with van der Waals surface area (Å²) in [6.07, 6.45) is 1.62. The Morgan fingerprint density at radius 2 is 1.86 bits per heavy atom. The number of aromatic nitrogens is 1. The van der Waals surface area contributed by atoms with Gasteiger partial charge < -0.3 is 16.4 Å². The molecule has 0 aliphatic heterocycles. The van der Waals surface area contributed by atoms with Gasteiger partial charge in [-0.2, -0.15) is 0 Å². The number of hydrogen-bond donors (Lipinski definition) is 2. The highest BCUT2D eigenvalue weighted by atomic mass is 35.5. The lowest BCUT2D eigenvalue weighted by Crippen LogP contribution is -2.34. The van der Waals surface area contributed by atoms with Crippen molar-refractivity contribution in [2.24, 2.45) is 11.5 Å². The van der Waals surface area contributed by atoms with Gasteiger partial charge in [-0.1, -0.05) is 11.6 Å². The van der Waals surface area contributed by atoms with Crippen LogP contribution in [0.4, 0.5) is 5.82 Å². The van der Waals surface area contributed by atoms with Crippen LogP contribution in [0, 0.1) is 0 Å². The van der Waals surface area contributed by atoms with Crippen molar-refractivity contribution in [1.82, 2.24) is 4.98 Å². The molecule has 0 aliphatic carbocycles. The van der Waals surface area contributed by atoms with Gasteiger partial charge in [0.1, 0.15) is 5.82 Å². The average Bonchev–Trinajstić information content (AvgIpc) is 2.19. The first-order valence-electron chi connectivity index (χ1n) is 4.54. The molecule has 0 aliphatic rings. The van der Waals surface area contributed by atoms with E-state index >= 15 is 0 Å². The zero-order valence-corrected chi connectivity index (χ0v) is 8.74. The van der Waals surface area contributed by atoms with E-state index in [4.69, 9.17) is 23.1 Å². The van der Waals surface area contributed by atoms with Gasteiger partial charge in [-0.05, 0) is 12.1 Å². The van der Waals surface area contributed by atoms with Gasteiger partial charge in [0.25, 0.3) is 0 Å². The zero-order chi connectivity index (χ0) is 10.4. The lowest BCUT2D eigenvalue weighted by molar-refractivity contribution is 0.770. The molecule has 1 aromatic heterocycles. The summed E-state index contributed by atoms with van der Waals surface area (Å²) in [6.45, 7) is 2.69. The minimum atomic E-state index is 0.588. The number of hydrogen-bond acceptors (Lipinski definition) is 4. The van der Waals surface area contributed by atoms with E-state index in [1.54, 1.807) is 6.20 Å². The fourth-order valence-electron chi connectivity index (χ4n) is 1.21. The van der Waals surface area contributed by atoms with E-state index in [0.29, 0.717) is 18.1 Å². The van der Waals surface area contributed by atoms with Gasteiger partial charge in [0.15, 0.2) is 0 Å². The highest BCUT2D eigenvalue weighted by molar-refractivity contribution is 6.30. The molecule has 0 saturated heterocycles. The molecule has 0 fully saturated rings.